The van der Waals surface area contributed by atoms with Crippen LogP contribution >= 0.6 is 11.3 Å². The number of hydrogen-bond donors (Lipinski definition) is 1. The molecule has 0 radical (unpaired) electrons. The molecule has 0 aliphatic heterocycles. The summed E-state index contributed by atoms with van der Waals surface area (Å²) in [4.78, 5) is 23.5. The number of sulfonamides is 1. The maximum atomic E-state index is 13.4. The molecule has 2 heterocycles. The van der Waals surface area contributed by atoms with Gasteiger partial charge in [-0.25, -0.2) is 18.5 Å². The van der Waals surface area contributed by atoms with Crippen molar-refractivity contribution in [2.75, 3.05) is 11.4 Å². The Bertz CT molecular complexity index is 1370. The Labute approximate surface area is 203 Å². The second-order valence-electron chi connectivity index (χ2n) is 7.77. The number of amides is 1. The number of hydrogen-bond acceptors (Lipinski definition) is 6. The van der Waals surface area contributed by atoms with Crippen LogP contribution in [0.5, 0.6) is 0 Å². The van der Waals surface area contributed by atoms with E-state index in [-0.39, 0.29) is 22.2 Å². The zero-order valence-electron chi connectivity index (χ0n) is 18.6. The van der Waals surface area contributed by atoms with E-state index in [1.165, 1.54) is 4.90 Å². The Morgan fingerprint density at radius 1 is 0.971 bits per heavy atom. The molecule has 34 heavy (non-hydrogen) atoms. The summed E-state index contributed by atoms with van der Waals surface area (Å²) in [6.07, 6.45) is 2.35. The molecule has 2 N–H and O–H groups in total. The van der Waals surface area contributed by atoms with Gasteiger partial charge < -0.3 is 0 Å². The fourth-order valence-corrected chi connectivity index (χ4v) is 5.55. The van der Waals surface area contributed by atoms with Crippen LogP contribution in [0.2, 0.25) is 0 Å². The standard InChI is InChI=1S/C25H24N4O3S2/c1-18-24(34(26,31)32)33-25(28-18)29(16-14-22-9-5-6-15-27-22)23(30)17-19-10-12-21(13-11-19)20-7-3-2-4-8-20/h2-13,15H,14,16-17H2,1H3,(H2,26,31,32). The number of pyridine rings is 1. The maximum absolute atomic E-state index is 13.4. The van der Waals surface area contributed by atoms with E-state index in [1.807, 2.05) is 72.8 Å². The molecule has 1 amide bonds. The molecule has 7 nitrogen and oxygen atoms in total. The van der Waals surface area contributed by atoms with Crippen molar-refractivity contribution in [1.29, 1.82) is 0 Å². The minimum absolute atomic E-state index is 0.0367. The number of nitrogens with two attached hydrogens (primary N) is 1. The normalized spacial score (nSPS) is 11.4. The molecule has 2 aromatic heterocycles. The third-order valence-corrected chi connectivity index (χ3v) is 8.00. The zero-order valence-corrected chi connectivity index (χ0v) is 20.2. The Morgan fingerprint density at radius 2 is 1.65 bits per heavy atom. The smallest absolute Gasteiger partial charge is 0.249 e. The highest BCUT2D eigenvalue weighted by Crippen LogP contribution is 2.30. The lowest BCUT2D eigenvalue weighted by atomic mass is 10.0. The minimum atomic E-state index is -3.92. The fraction of sp³-hybridized carbons (Fsp3) is 0.160. The number of anilines is 1. The van der Waals surface area contributed by atoms with Gasteiger partial charge >= 0.3 is 0 Å². The highest BCUT2D eigenvalue weighted by molar-refractivity contribution is 7.91. The summed E-state index contributed by atoms with van der Waals surface area (Å²) >= 11 is 0.909. The van der Waals surface area contributed by atoms with Gasteiger partial charge in [-0.05, 0) is 35.7 Å². The van der Waals surface area contributed by atoms with Gasteiger partial charge in [-0.15, -0.1) is 0 Å². The van der Waals surface area contributed by atoms with E-state index in [1.54, 1.807) is 13.1 Å². The highest BCUT2D eigenvalue weighted by Gasteiger charge is 2.24. The Kier molecular flexibility index (Phi) is 7.16. The topological polar surface area (TPSA) is 106 Å². The second kappa shape index (κ2) is 10.3. The van der Waals surface area contributed by atoms with Crippen LogP contribution in [0.3, 0.4) is 0 Å². The van der Waals surface area contributed by atoms with Crippen molar-refractivity contribution >= 4 is 32.4 Å². The highest BCUT2D eigenvalue weighted by atomic mass is 32.2. The first-order valence-electron chi connectivity index (χ1n) is 10.7. The monoisotopic (exact) mass is 492 g/mol. The van der Waals surface area contributed by atoms with Crippen molar-refractivity contribution in [1.82, 2.24) is 9.97 Å². The van der Waals surface area contributed by atoms with Gasteiger partial charge in [0.05, 0.1) is 12.1 Å². The summed E-state index contributed by atoms with van der Waals surface area (Å²) in [5, 5.41) is 5.64. The van der Waals surface area contributed by atoms with E-state index in [2.05, 4.69) is 9.97 Å². The predicted octanol–water partition coefficient (Wildman–Crippen LogP) is 3.98. The molecule has 4 rings (SSSR count). The van der Waals surface area contributed by atoms with Crippen LogP contribution in [0.4, 0.5) is 5.13 Å². The third kappa shape index (κ3) is 5.74. The largest absolute Gasteiger partial charge is 0.287 e. The van der Waals surface area contributed by atoms with Gasteiger partial charge in [0.2, 0.25) is 15.9 Å². The quantitative estimate of drug-likeness (QED) is 0.400. The molecule has 0 unspecified atom stereocenters. The number of carbonyl (C=O) groups excluding carboxylic acids is 1. The molecule has 4 aromatic rings. The van der Waals surface area contributed by atoms with Crippen LogP contribution in [0.15, 0.2) is 83.2 Å². The van der Waals surface area contributed by atoms with Crippen LogP contribution in [0.1, 0.15) is 17.0 Å². The lowest BCUT2D eigenvalue weighted by Gasteiger charge is -2.20. The summed E-state index contributed by atoms with van der Waals surface area (Å²) in [7, 11) is -3.92. The van der Waals surface area contributed by atoms with Crippen LogP contribution in [0, 0.1) is 6.92 Å². The van der Waals surface area contributed by atoms with Crippen LogP contribution < -0.4 is 10.0 Å². The number of rotatable bonds is 8. The number of aromatic nitrogens is 2. The summed E-state index contributed by atoms with van der Waals surface area (Å²) in [6.45, 7) is 1.89. The van der Waals surface area contributed by atoms with Gasteiger partial charge in [-0.1, -0.05) is 72.0 Å². The van der Waals surface area contributed by atoms with E-state index in [0.717, 1.165) is 33.7 Å². The van der Waals surface area contributed by atoms with Gasteiger partial charge in [-0.2, -0.15) is 0 Å². The minimum Gasteiger partial charge on any atom is -0.287 e. The molecule has 0 spiro atoms. The van der Waals surface area contributed by atoms with E-state index in [0.29, 0.717) is 18.1 Å². The molecular weight excluding hydrogens is 468 g/mol. The Balaban J connectivity index is 1.57. The molecule has 9 heteroatoms. The van der Waals surface area contributed by atoms with E-state index in [9.17, 15) is 13.2 Å². The Morgan fingerprint density at radius 3 is 2.26 bits per heavy atom. The number of carbonyl (C=O) groups is 1. The summed E-state index contributed by atoms with van der Waals surface area (Å²) in [5.41, 5.74) is 4.13. The van der Waals surface area contributed by atoms with Crippen LogP contribution in [0.25, 0.3) is 11.1 Å². The number of thiazole rings is 1. The first-order chi connectivity index (χ1) is 16.3. The summed E-state index contributed by atoms with van der Waals surface area (Å²) in [5.74, 6) is -0.182. The van der Waals surface area contributed by atoms with Gasteiger partial charge in [0.15, 0.2) is 9.34 Å². The van der Waals surface area contributed by atoms with Crippen LogP contribution in [-0.2, 0) is 27.7 Å². The first-order valence-corrected chi connectivity index (χ1v) is 13.0. The molecule has 0 aliphatic carbocycles. The number of aryl methyl sites for hydroxylation is 1. The van der Waals surface area contributed by atoms with E-state index in [4.69, 9.17) is 5.14 Å². The molecule has 2 aromatic carbocycles. The average Bonchev–Trinajstić information content (AvgIpc) is 3.23. The molecule has 0 atom stereocenters. The van der Waals surface area contributed by atoms with Gasteiger partial charge in [0.25, 0.3) is 0 Å². The fourth-order valence-electron chi connectivity index (χ4n) is 3.56. The number of nitrogens with zero attached hydrogens (tertiary/aromatic N) is 3. The summed E-state index contributed by atoms with van der Waals surface area (Å²) < 4.78 is 23.8. The van der Waals surface area contributed by atoms with Crippen molar-refractivity contribution in [3.63, 3.8) is 0 Å². The lowest BCUT2D eigenvalue weighted by molar-refractivity contribution is -0.118. The number of benzene rings is 2. The van der Waals surface area contributed by atoms with Crippen molar-refractivity contribution < 1.29 is 13.2 Å². The SMILES string of the molecule is Cc1nc(N(CCc2ccccn2)C(=O)Cc2ccc(-c3ccccc3)cc2)sc1S(N)(=O)=O. The van der Waals surface area contributed by atoms with Crippen molar-refractivity contribution in [3.8, 4) is 11.1 Å². The van der Waals surface area contributed by atoms with Gasteiger partial charge in [-0.3, -0.25) is 14.7 Å². The van der Waals surface area contributed by atoms with Crippen molar-refractivity contribution in [2.45, 2.75) is 24.0 Å². The molecular formula is C25H24N4O3S2. The lowest BCUT2D eigenvalue weighted by Crippen LogP contribution is -2.34. The molecule has 0 saturated carbocycles. The average molecular weight is 493 g/mol. The van der Waals surface area contributed by atoms with Crippen LogP contribution in [-0.4, -0.2) is 30.8 Å². The maximum Gasteiger partial charge on any atom is 0.249 e. The van der Waals surface area contributed by atoms with Crippen molar-refractivity contribution in [3.05, 3.63) is 95.9 Å². The molecule has 0 bridgehead atoms. The molecule has 0 saturated heterocycles. The molecule has 174 valence electrons. The first kappa shape index (κ1) is 23.7. The second-order valence-corrected chi connectivity index (χ2v) is 10.5. The van der Waals surface area contributed by atoms with Crippen molar-refractivity contribution in [2.24, 2.45) is 5.14 Å². The predicted molar refractivity (Wildman–Crippen MR) is 134 cm³/mol. The van der Waals surface area contributed by atoms with Gasteiger partial charge in [0, 0.05) is 24.9 Å². The molecule has 0 fully saturated rings. The molecule has 0 aliphatic rings. The Hall–Kier alpha value is -3.40. The third-order valence-electron chi connectivity index (χ3n) is 5.27. The van der Waals surface area contributed by atoms with E-state index < -0.39 is 10.0 Å². The summed E-state index contributed by atoms with van der Waals surface area (Å²) in [6, 6.07) is 23.4. The van der Waals surface area contributed by atoms with E-state index >= 15 is 0 Å². The zero-order chi connectivity index (χ0) is 24.1. The number of primary sulfonamides is 1. The van der Waals surface area contributed by atoms with Gasteiger partial charge in [0.1, 0.15) is 0 Å².